The molecule has 0 bridgehead atoms. The number of carbonyl (C=O) groups excluding carboxylic acids is 1. The maximum absolute atomic E-state index is 12.8. The van der Waals surface area contributed by atoms with Crippen LogP contribution in [0.2, 0.25) is 0 Å². The number of methoxy groups -OCH3 is 1. The highest BCUT2D eigenvalue weighted by atomic mass is 32.2. The number of sulfonamides is 1. The van der Waals surface area contributed by atoms with E-state index in [4.69, 9.17) is 4.74 Å². The Morgan fingerprint density at radius 1 is 1.20 bits per heavy atom. The molecule has 0 saturated carbocycles. The number of hydrogen-bond donors (Lipinski definition) is 2. The highest BCUT2D eigenvalue weighted by Crippen LogP contribution is 2.28. The molecule has 0 fully saturated rings. The van der Waals surface area contributed by atoms with E-state index in [2.05, 4.69) is 10.0 Å². The number of para-hydroxylation sites is 2. The summed E-state index contributed by atoms with van der Waals surface area (Å²) in [4.78, 5) is 11.8. The molecule has 25 heavy (non-hydrogen) atoms. The Balaban J connectivity index is 2.33. The fourth-order valence-corrected chi connectivity index (χ4v) is 3.90. The number of ether oxygens (including phenoxy) is 1. The predicted molar refractivity (Wildman–Crippen MR) is 102 cm³/mol. The van der Waals surface area contributed by atoms with Crippen molar-refractivity contribution in [1.29, 1.82) is 0 Å². The molecule has 134 valence electrons. The second-order valence-corrected chi connectivity index (χ2v) is 7.78. The fourth-order valence-electron chi connectivity index (χ4n) is 2.22. The Hall–Kier alpha value is -2.19. The van der Waals surface area contributed by atoms with Gasteiger partial charge in [0.15, 0.2) is 0 Å². The third-order valence-corrected chi connectivity index (χ3v) is 5.45. The monoisotopic (exact) mass is 380 g/mol. The number of nitrogens with one attached hydrogen (secondary N) is 2. The van der Waals surface area contributed by atoms with E-state index >= 15 is 0 Å². The van der Waals surface area contributed by atoms with Crippen LogP contribution in [0.5, 0.6) is 5.75 Å². The third-order valence-electron chi connectivity index (χ3n) is 3.39. The van der Waals surface area contributed by atoms with Crippen LogP contribution in [0.1, 0.15) is 5.56 Å². The van der Waals surface area contributed by atoms with Crippen LogP contribution in [-0.2, 0) is 14.8 Å². The second-order valence-electron chi connectivity index (χ2n) is 5.27. The van der Waals surface area contributed by atoms with Gasteiger partial charge in [0.05, 0.1) is 23.4 Å². The molecule has 0 aliphatic rings. The molecule has 8 heteroatoms. The van der Waals surface area contributed by atoms with Gasteiger partial charge in [-0.05, 0) is 43.0 Å². The molecule has 0 saturated heterocycles. The van der Waals surface area contributed by atoms with E-state index in [0.717, 1.165) is 0 Å². The molecule has 0 unspecified atom stereocenters. The second kappa shape index (κ2) is 8.26. The highest BCUT2D eigenvalue weighted by molar-refractivity contribution is 7.99. The van der Waals surface area contributed by atoms with Crippen LogP contribution >= 0.6 is 11.8 Å². The zero-order chi connectivity index (χ0) is 18.4. The first kappa shape index (κ1) is 19.1. The molecule has 0 aliphatic carbocycles. The number of carbonyl (C=O) groups is 1. The van der Waals surface area contributed by atoms with E-state index in [-0.39, 0.29) is 10.8 Å². The molecule has 0 spiro atoms. The smallest absolute Gasteiger partial charge is 0.262 e. The zero-order valence-electron chi connectivity index (χ0n) is 14.2. The first-order chi connectivity index (χ1) is 11.9. The van der Waals surface area contributed by atoms with Crippen molar-refractivity contribution in [3.05, 3.63) is 48.0 Å². The minimum Gasteiger partial charge on any atom is -0.495 e. The van der Waals surface area contributed by atoms with Crippen molar-refractivity contribution >= 4 is 39.1 Å². The van der Waals surface area contributed by atoms with Crippen LogP contribution in [0.4, 0.5) is 11.4 Å². The molecule has 0 heterocycles. The molecule has 2 N–H and O–H groups in total. The van der Waals surface area contributed by atoms with Gasteiger partial charge in [0.1, 0.15) is 5.75 Å². The summed E-state index contributed by atoms with van der Waals surface area (Å²) < 4.78 is 33.2. The fraction of sp³-hybridized carbons (Fsp3) is 0.235. The van der Waals surface area contributed by atoms with Gasteiger partial charge in [-0.25, -0.2) is 8.42 Å². The largest absolute Gasteiger partial charge is 0.495 e. The Morgan fingerprint density at radius 2 is 1.92 bits per heavy atom. The number of hydrogen-bond acceptors (Lipinski definition) is 5. The van der Waals surface area contributed by atoms with Gasteiger partial charge >= 0.3 is 0 Å². The quantitative estimate of drug-likeness (QED) is 0.771. The molecule has 6 nitrogen and oxygen atoms in total. The lowest BCUT2D eigenvalue weighted by atomic mass is 10.2. The van der Waals surface area contributed by atoms with E-state index in [1.807, 2.05) is 6.26 Å². The molecule has 2 rings (SSSR count). The summed E-state index contributed by atoms with van der Waals surface area (Å²) in [5.41, 5.74) is 1.36. The number of rotatable bonds is 7. The van der Waals surface area contributed by atoms with Crippen molar-refractivity contribution in [2.24, 2.45) is 0 Å². The van der Waals surface area contributed by atoms with Crippen molar-refractivity contribution in [2.45, 2.75) is 11.8 Å². The topological polar surface area (TPSA) is 84.5 Å². The van der Waals surface area contributed by atoms with Crippen molar-refractivity contribution in [1.82, 2.24) is 0 Å². The maximum Gasteiger partial charge on any atom is 0.262 e. The van der Waals surface area contributed by atoms with Crippen LogP contribution in [0.3, 0.4) is 0 Å². The summed E-state index contributed by atoms with van der Waals surface area (Å²) in [6.45, 7) is 1.70. The van der Waals surface area contributed by atoms with Gasteiger partial charge < -0.3 is 10.1 Å². The molecule has 0 atom stereocenters. The highest BCUT2D eigenvalue weighted by Gasteiger charge is 2.19. The van der Waals surface area contributed by atoms with Gasteiger partial charge in [-0.2, -0.15) is 11.8 Å². The SMILES string of the molecule is COc1ccccc1NS(=O)(=O)c1cc(NC(=O)CSC)ccc1C. The van der Waals surface area contributed by atoms with Gasteiger partial charge in [-0.15, -0.1) is 0 Å². The van der Waals surface area contributed by atoms with Crippen molar-refractivity contribution in [3.63, 3.8) is 0 Å². The van der Waals surface area contributed by atoms with E-state index in [1.165, 1.54) is 24.9 Å². The summed E-state index contributed by atoms with van der Waals surface area (Å²) in [6, 6.07) is 11.5. The number of anilines is 2. The van der Waals surface area contributed by atoms with Crippen LogP contribution in [0.15, 0.2) is 47.4 Å². The van der Waals surface area contributed by atoms with Crippen LogP contribution < -0.4 is 14.8 Å². The summed E-state index contributed by atoms with van der Waals surface area (Å²) in [5, 5.41) is 2.69. The predicted octanol–water partition coefficient (Wildman–Crippen LogP) is 3.11. The van der Waals surface area contributed by atoms with Crippen molar-refractivity contribution < 1.29 is 17.9 Å². The lowest BCUT2D eigenvalue weighted by Crippen LogP contribution is -2.17. The molecule has 1 amide bonds. The third kappa shape index (κ3) is 4.90. The minimum absolute atomic E-state index is 0.0976. The van der Waals surface area contributed by atoms with Crippen LogP contribution in [0.25, 0.3) is 0 Å². The summed E-state index contributed by atoms with van der Waals surface area (Å²) in [6.07, 6.45) is 1.82. The first-order valence-corrected chi connectivity index (χ1v) is 10.3. The van der Waals surface area contributed by atoms with Gasteiger partial charge in [0.25, 0.3) is 10.0 Å². The van der Waals surface area contributed by atoms with Crippen molar-refractivity contribution in [2.75, 3.05) is 29.2 Å². The van der Waals surface area contributed by atoms with E-state index < -0.39 is 10.0 Å². The van der Waals surface area contributed by atoms with E-state index in [1.54, 1.807) is 43.3 Å². The van der Waals surface area contributed by atoms with Crippen molar-refractivity contribution in [3.8, 4) is 5.75 Å². The summed E-state index contributed by atoms with van der Waals surface area (Å²) in [5.74, 6) is 0.542. The first-order valence-electron chi connectivity index (χ1n) is 7.42. The molecular weight excluding hydrogens is 360 g/mol. The molecule has 2 aromatic carbocycles. The standard InChI is InChI=1S/C17H20N2O4S2/c1-12-8-9-13(18-17(20)11-24-3)10-16(12)25(21,22)19-14-6-4-5-7-15(14)23-2/h4-10,19H,11H2,1-3H3,(H,18,20). The summed E-state index contributed by atoms with van der Waals surface area (Å²) in [7, 11) is -2.36. The number of benzene rings is 2. The van der Waals surface area contributed by atoms with Crippen LogP contribution in [0, 0.1) is 6.92 Å². The lowest BCUT2D eigenvalue weighted by Gasteiger charge is -2.14. The van der Waals surface area contributed by atoms with E-state index in [9.17, 15) is 13.2 Å². The van der Waals surface area contributed by atoms with Gasteiger partial charge in [-0.1, -0.05) is 18.2 Å². The van der Waals surface area contributed by atoms with Crippen LogP contribution in [-0.4, -0.2) is 33.4 Å². The Labute approximate surface area is 152 Å². The molecule has 0 aliphatic heterocycles. The number of aryl methyl sites for hydroxylation is 1. The average Bonchev–Trinajstić information content (AvgIpc) is 2.57. The molecule has 2 aromatic rings. The van der Waals surface area contributed by atoms with Gasteiger partial charge in [0, 0.05) is 5.69 Å². The maximum atomic E-state index is 12.8. The Kier molecular flexibility index (Phi) is 6.33. The average molecular weight is 380 g/mol. The normalized spacial score (nSPS) is 11.0. The lowest BCUT2D eigenvalue weighted by molar-refractivity contribution is -0.113. The molecule has 0 aromatic heterocycles. The van der Waals surface area contributed by atoms with Gasteiger partial charge in [-0.3, -0.25) is 9.52 Å². The number of thioether (sulfide) groups is 1. The van der Waals surface area contributed by atoms with Gasteiger partial charge in [0.2, 0.25) is 5.91 Å². The number of amides is 1. The molecule has 0 radical (unpaired) electrons. The Bertz CT molecular complexity index is 867. The zero-order valence-corrected chi connectivity index (χ0v) is 15.8. The molecular formula is C17H20N2O4S2. The Morgan fingerprint density at radius 3 is 2.60 bits per heavy atom. The summed E-state index contributed by atoms with van der Waals surface area (Å²) >= 11 is 1.39. The minimum atomic E-state index is -3.83. The van der Waals surface area contributed by atoms with E-state index in [0.29, 0.717) is 28.4 Å².